The Bertz CT molecular complexity index is 371. The lowest BCUT2D eigenvalue weighted by Gasteiger charge is -2.22. The van der Waals surface area contributed by atoms with Crippen molar-refractivity contribution in [3.8, 4) is 5.75 Å². The zero-order valence-electron chi connectivity index (χ0n) is 12.8. The molecule has 0 N–H and O–H groups in total. The summed E-state index contributed by atoms with van der Waals surface area (Å²) in [6, 6.07) is 8.63. The Morgan fingerprint density at radius 2 is 1.90 bits per heavy atom. The van der Waals surface area contributed by atoms with Crippen LogP contribution in [0.4, 0.5) is 0 Å². The van der Waals surface area contributed by atoms with Gasteiger partial charge >= 0.3 is 0 Å². The zero-order valence-corrected chi connectivity index (χ0v) is 12.8. The van der Waals surface area contributed by atoms with Crippen LogP contribution in [0.2, 0.25) is 0 Å². The van der Waals surface area contributed by atoms with Crippen molar-refractivity contribution in [2.24, 2.45) is 0 Å². The summed E-state index contributed by atoms with van der Waals surface area (Å²) in [7, 11) is 2.14. The third kappa shape index (κ3) is 4.80. The van der Waals surface area contributed by atoms with Gasteiger partial charge in [-0.25, -0.2) is 0 Å². The summed E-state index contributed by atoms with van der Waals surface area (Å²) in [4.78, 5) is 2.30. The fourth-order valence-electron chi connectivity index (χ4n) is 2.55. The molecule has 1 aliphatic rings. The number of hydrogen-bond donors (Lipinski definition) is 0. The Hall–Kier alpha value is -1.06. The van der Waals surface area contributed by atoms with Crippen molar-refractivity contribution < 1.29 is 9.47 Å². The van der Waals surface area contributed by atoms with Gasteiger partial charge in [0.1, 0.15) is 5.75 Å². The molecule has 0 aromatic heterocycles. The van der Waals surface area contributed by atoms with E-state index in [9.17, 15) is 0 Å². The number of ether oxygens (including phenoxy) is 2. The summed E-state index contributed by atoms with van der Waals surface area (Å²) in [5.74, 6) is 1.65. The fourth-order valence-corrected chi connectivity index (χ4v) is 2.55. The van der Waals surface area contributed by atoms with Crippen LogP contribution >= 0.6 is 0 Å². The van der Waals surface area contributed by atoms with E-state index >= 15 is 0 Å². The molecule has 1 aromatic rings. The average molecular weight is 277 g/mol. The van der Waals surface area contributed by atoms with E-state index in [4.69, 9.17) is 9.47 Å². The van der Waals surface area contributed by atoms with Crippen LogP contribution in [-0.4, -0.2) is 44.9 Å². The van der Waals surface area contributed by atoms with Crippen LogP contribution in [0, 0.1) is 0 Å². The van der Waals surface area contributed by atoms with Crippen molar-refractivity contribution in [3.63, 3.8) is 0 Å². The van der Waals surface area contributed by atoms with E-state index in [0.29, 0.717) is 5.92 Å². The molecular formula is C17H27NO2. The number of hydrogen-bond acceptors (Lipinski definition) is 3. The van der Waals surface area contributed by atoms with Crippen LogP contribution in [0.3, 0.4) is 0 Å². The van der Waals surface area contributed by atoms with Gasteiger partial charge in [-0.3, -0.25) is 0 Å². The molecule has 3 heteroatoms. The van der Waals surface area contributed by atoms with Crippen molar-refractivity contribution in [1.29, 1.82) is 0 Å². The molecule has 0 unspecified atom stereocenters. The molecule has 3 nitrogen and oxygen atoms in total. The van der Waals surface area contributed by atoms with E-state index in [1.54, 1.807) is 0 Å². The Morgan fingerprint density at radius 1 is 1.20 bits per heavy atom. The molecule has 0 aliphatic carbocycles. The van der Waals surface area contributed by atoms with Crippen LogP contribution in [0.15, 0.2) is 24.3 Å². The predicted molar refractivity (Wildman–Crippen MR) is 82.5 cm³/mol. The summed E-state index contributed by atoms with van der Waals surface area (Å²) in [5.41, 5.74) is 1.42. The predicted octanol–water partition coefficient (Wildman–Crippen LogP) is 3.30. The maximum absolute atomic E-state index is 5.79. The summed E-state index contributed by atoms with van der Waals surface area (Å²) in [6.07, 6.45) is 3.36. The molecule has 20 heavy (non-hydrogen) atoms. The highest BCUT2D eigenvalue weighted by Crippen LogP contribution is 2.28. The summed E-state index contributed by atoms with van der Waals surface area (Å²) < 4.78 is 11.2. The molecule has 1 aromatic carbocycles. The molecule has 1 fully saturated rings. The molecule has 1 saturated heterocycles. The largest absolute Gasteiger partial charge is 0.494 e. The van der Waals surface area contributed by atoms with Crippen LogP contribution < -0.4 is 4.74 Å². The van der Waals surface area contributed by atoms with Gasteiger partial charge in [-0.05, 0) is 56.5 Å². The summed E-state index contributed by atoms with van der Waals surface area (Å²) in [6.45, 7) is 6.95. The van der Waals surface area contributed by atoms with Gasteiger partial charge in [0.05, 0.1) is 6.61 Å². The SMILES string of the molecule is CCN(C)CCCOc1ccc(C2CCOCC2)cc1. The van der Waals surface area contributed by atoms with Gasteiger partial charge in [0.15, 0.2) is 0 Å². The van der Waals surface area contributed by atoms with Gasteiger partial charge in [-0.15, -0.1) is 0 Å². The molecule has 0 spiro atoms. The topological polar surface area (TPSA) is 21.7 Å². The van der Waals surface area contributed by atoms with Crippen molar-refractivity contribution in [1.82, 2.24) is 4.90 Å². The zero-order chi connectivity index (χ0) is 14.2. The van der Waals surface area contributed by atoms with Crippen molar-refractivity contribution in [3.05, 3.63) is 29.8 Å². The van der Waals surface area contributed by atoms with Crippen molar-refractivity contribution >= 4 is 0 Å². The molecule has 0 radical (unpaired) electrons. The highest BCUT2D eigenvalue weighted by molar-refractivity contribution is 5.29. The first-order valence-electron chi connectivity index (χ1n) is 7.78. The second-order valence-electron chi connectivity index (χ2n) is 5.55. The minimum Gasteiger partial charge on any atom is -0.494 e. The maximum Gasteiger partial charge on any atom is 0.119 e. The fraction of sp³-hybridized carbons (Fsp3) is 0.647. The van der Waals surface area contributed by atoms with E-state index < -0.39 is 0 Å². The number of benzene rings is 1. The summed E-state index contributed by atoms with van der Waals surface area (Å²) in [5, 5.41) is 0. The molecule has 1 aliphatic heterocycles. The Labute approximate surface area is 122 Å². The second kappa shape index (κ2) is 8.28. The van der Waals surface area contributed by atoms with Gasteiger partial charge in [0.2, 0.25) is 0 Å². The quantitative estimate of drug-likeness (QED) is 0.714. The lowest BCUT2D eigenvalue weighted by atomic mass is 9.92. The standard InChI is InChI=1S/C17H27NO2/c1-3-18(2)11-4-12-20-17-7-5-15(6-8-17)16-9-13-19-14-10-16/h5-8,16H,3-4,9-14H2,1-2H3. The third-order valence-corrected chi connectivity index (χ3v) is 4.07. The lowest BCUT2D eigenvalue weighted by Crippen LogP contribution is -2.20. The van der Waals surface area contributed by atoms with Crippen LogP contribution in [0.1, 0.15) is 37.7 Å². The average Bonchev–Trinajstić information content (AvgIpc) is 2.52. The highest BCUT2D eigenvalue weighted by atomic mass is 16.5. The van der Waals surface area contributed by atoms with Crippen LogP contribution in [0.25, 0.3) is 0 Å². The maximum atomic E-state index is 5.79. The number of nitrogens with zero attached hydrogens (tertiary/aromatic N) is 1. The molecule has 112 valence electrons. The van der Waals surface area contributed by atoms with Gasteiger partial charge in [0.25, 0.3) is 0 Å². The molecule has 0 saturated carbocycles. The van der Waals surface area contributed by atoms with Crippen molar-refractivity contribution in [2.45, 2.75) is 32.1 Å². The monoisotopic (exact) mass is 277 g/mol. The first-order chi connectivity index (χ1) is 9.79. The first-order valence-corrected chi connectivity index (χ1v) is 7.78. The molecule has 0 amide bonds. The van der Waals surface area contributed by atoms with Crippen LogP contribution in [-0.2, 0) is 4.74 Å². The molecule has 0 atom stereocenters. The van der Waals surface area contributed by atoms with E-state index in [-0.39, 0.29) is 0 Å². The van der Waals surface area contributed by atoms with Crippen molar-refractivity contribution in [2.75, 3.05) is 40.0 Å². The van der Waals surface area contributed by atoms with Gasteiger partial charge in [-0.1, -0.05) is 19.1 Å². The lowest BCUT2D eigenvalue weighted by molar-refractivity contribution is 0.0853. The van der Waals surface area contributed by atoms with E-state index in [0.717, 1.165) is 57.9 Å². The molecule has 1 heterocycles. The van der Waals surface area contributed by atoms with Crippen LogP contribution in [0.5, 0.6) is 5.75 Å². The molecule has 0 bridgehead atoms. The Morgan fingerprint density at radius 3 is 2.55 bits per heavy atom. The normalized spacial score (nSPS) is 16.6. The smallest absolute Gasteiger partial charge is 0.119 e. The molecule has 2 rings (SSSR count). The minimum absolute atomic E-state index is 0.663. The highest BCUT2D eigenvalue weighted by Gasteiger charge is 2.15. The minimum atomic E-state index is 0.663. The third-order valence-electron chi connectivity index (χ3n) is 4.07. The van der Waals surface area contributed by atoms with E-state index in [1.165, 1.54) is 5.56 Å². The van der Waals surface area contributed by atoms with E-state index in [1.807, 2.05) is 0 Å². The van der Waals surface area contributed by atoms with Gasteiger partial charge in [-0.2, -0.15) is 0 Å². The van der Waals surface area contributed by atoms with Gasteiger partial charge in [0, 0.05) is 19.8 Å². The Balaban J connectivity index is 1.73. The summed E-state index contributed by atoms with van der Waals surface area (Å²) >= 11 is 0. The van der Waals surface area contributed by atoms with E-state index in [2.05, 4.69) is 43.1 Å². The number of rotatable bonds is 7. The first kappa shape index (κ1) is 15.3. The second-order valence-corrected chi connectivity index (χ2v) is 5.55. The Kier molecular flexibility index (Phi) is 6.34. The van der Waals surface area contributed by atoms with Gasteiger partial charge < -0.3 is 14.4 Å². The molecular weight excluding hydrogens is 250 g/mol.